The minimum Gasteiger partial charge on any atom is -0.484 e. The molecule has 0 unspecified atom stereocenters. The molecule has 5 nitrogen and oxygen atoms in total. The van der Waals surface area contributed by atoms with Crippen LogP contribution in [0.3, 0.4) is 0 Å². The summed E-state index contributed by atoms with van der Waals surface area (Å²) in [5, 5.41) is 4.23. The summed E-state index contributed by atoms with van der Waals surface area (Å²) in [6, 6.07) is 4.84. The molecule has 0 amide bonds. The average molecular weight is 279 g/mol. The van der Waals surface area contributed by atoms with Crippen LogP contribution in [0.25, 0.3) is 0 Å². The van der Waals surface area contributed by atoms with Gasteiger partial charge in [0.15, 0.2) is 6.61 Å². The van der Waals surface area contributed by atoms with Gasteiger partial charge in [-0.1, -0.05) is 16.8 Å². The van der Waals surface area contributed by atoms with Crippen LogP contribution in [0.1, 0.15) is 40.8 Å². The van der Waals surface area contributed by atoms with E-state index in [0.29, 0.717) is 34.0 Å². The second-order valence-electron chi connectivity index (χ2n) is 4.42. The van der Waals surface area contributed by atoms with Gasteiger partial charge in [-0.15, -0.1) is 0 Å². The van der Waals surface area contributed by atoms with Crippen molar-refractivity contribution in [2.45, 2.75) is 25.4 Å². The predicted octanol–water partition coefficient (Wildman–Crippen LogP) is 2.99. The minimum absolute atomic E-state index is 0.191. The van der Waals surface area contributed by atoms with E-state index in [0.717, 1.165) is 19.1 Å². The molecule has 0 radical (unpaired) electrons. The number of ether oxygens (including phenoxy) is 1. The number of halogens is 1. The highest BCUT2D eigenvalue weighted by atomic mass is 35.5. The average Bonchev–Trinajstić information content (AvgIpc) is 3.17. The van der Waals surface area contributed by atoms with Gasteiger partial charge >= 0.3 is 0 Å². The second kappa shape index (κ2) is 5.01. The van der Waals surface area contributed by atoms with Gasteiger partial charge < -0.3 is 9.26 Å². The normalized spacial score (nSPS) is 14.4. The SMILES string of the molecule is O=Cc1ccc(OCc2noc(C3CC3)n2)c(Cl)c1. The maximum atomic E-state index is 10.6. The van der Waals surface area contributed by atoms with Crippen molar-refractivity contribution in [3.63, 3.8) is 0 Å². The van der Waals surface area contributed by atoms with Gasteiger partial charge in [-0.3, -0.25) is 4.79 Å². The monoisotopic (exact) mass is 278 g/mol. The summed E-state index contributed by atoms with van der Waals surface area (Å²) in [5.41, 5.74) is 0.507. The van der Waals surface area contributed by atoms with Crippen molar-refractivity contribution in [3.05, 3.63) is 40.5 Å². The van der Waals surface area contributed by atoms with Crippen LogP contribution in [-0.4, -0.2) is 16.4 Å². The van der Waals surface area contributed by atoms with Crippen molar-refractivity contribution >= 4 is 17.9 Å². The highest BCUT2D eigenvalue weighted by Crippen LogP contribution is 2.38. The Morgan fingerprint density at radius 1 is 1.47 bits per heavy atom. The van der Waals surface area contributed by atoms with Gasteiger partial charge in [-0.2, -0.15) is 4.98 Å². The lowest BCUT2D eigenvalue weighted by Crippen LogP contribution is -1.98. The predicted molar refractivity (Wildman–Crippen MR) is 67.4 cm³/mol. The Hall–Kier alpha value is -1.88. The van der Waals surface area contributed by atoms with E-state index in [1.54, 1.807) is 18.2 Å². The van der Waals surface area contributed by atoms with Gasteiger partial charge in [0.25, 0.3) is 0 Å². The first-order valence-corrected chi connectivity index (χ1v) is 6.34. The van der Waals surface area contributed by atoms with Crippen LogP contribution >= 0.6 is 11.6 Å². The lowest BCUT2D eigenvalue weighted by molar-refractivity contribution is 0.112. The molecule has 0 aliphatic heterocycles. The molecule has 0 N–H and O–H groups in total. The van der Waals surface area contributed by atoms with Crippen LogP contribution in [0, 0.1) is 0 Å². The lowest BCUT2D eigenvalue weighted by Gasteiger charge is -2.05. The van der Waals surface area contributed by atoms with Crippen LogP contribution in [0.2, 0.25) is 5.02 Å². The fourth-order valence-electron chi connectivity index (χ4n) is 1.67. The Balaban J connectivity index is 1.65. The summed E-state index contributed by atoms with van der Waals surface area (Å²) in [6.07, 6.45) is 2.96. The highest BCUT2D eigenvalue weighted by molar-refractivity contribution is 6.32. The quantitative estimate of drug-likeness (QED) is 0.787. The van der Waals surface area contributed by atoms with E-state index in [2.05, 4.69) is 10.1 Å². The fourth-order valence-corrected chi connectivity index (χ4v) is 1.92. The molecular formula is C13H11ClN2O3. The smallest absolute Gasteiger partial charge is 0.229 e. The van der Waals surface area contributed by atoms with Gasteiger partial charge in [0.05, 0.1) is 5.02 Å². The number of carbonyl (C=O) groups excluding carboxylic acids is 1. The zero-order valence-electron chi connectivity index (χ0n) is 10.0. The second-order valence-corrected chi connectivity index (χ2v) is 4.83. The van der Waals surface area contributed by atoms with E-state index in [9.17, 15) is 4.79 Å². The standard InChI is InChI=1S/C13H11ClN2O3/c14-10-5-8(6-17)1-4-11(10)18-7-12-15-13(19-16-12)9-2-3-9/h1,4-6,9H,2-3,7H2. The van der Waals surface area contributed by atoms with E-state index in [1.807, 2.05) is 0 Å². The molecule has 0 spiro atoms. The molecule has 1 heterocycles. The number of hydrogen-bond donors (Lipinski definition) is 0. The van der Waals surface area contributed by atoms with Crippen LogP contribution in [-0.2, 0) is 6.61 Å². The Bertz CT molecular complexity index is 608. The Morgan fingerprint density at radius 2 is 2.32 bits per heavy atom. The molecule has 1 aromatic carbocycles. The van der Waals surface area contributed by atoms with Gasteiger partial charge in [-0.05, 0) is 31.0 Å². The summed E-state index contributed by atoms with van der Waals surface area (Å²) >= 11 is 5.99. The molecule has 19 heavy (non-hydrogen) atoms. The number of benzene rings is 1. The molecule has 1 aliphatic rings. The summed E-state index contributed by atoms with van der Waals surface area (Å²) < 4.78 is 10.6. The van der Waals surface area contributed by atoms with Gasteiger partial charge in [-0.25, -0.2) is 0 Å². The Morgan fingerprint density at radius 3 is 3.00 bits per heavy atom. The van der Waals surface area contributed by atoms with Crippen molar-refractivity contribution in [2.75, 3.05) is 0 Å². The van der Waals surface area contributed by atoms with Crippen molar-refractivity contribution in [3.8, 4) is 5.75 Å². The van der Waals surface area contributed by atoms with E-state index in [-0.39, 0.29) is 6.61 Å². The fraction of sp³-hybridized carbons (Fsp3) is 0.308. The summed E-state index contributed by atoms with van der Waals surface area (Å²) in [7, 11) is 0. The van der Waals surface area contributed by atoms with Crippen molar-refractivity contribution in [1.82, 2.24) is 10.1 Å². The first-order chi connectivity index (χ1) is 9.26. The van der Waals surface area contributed by atoms with Crippen molar-refractivity contribution in [2.24, 2.45) is 0 Å². The summed E-state index contributed by atoms with van der Waals surface area (Å²) in [5.74, 6) is 2.10. The zero-order valence-corrected chi connectivity index (χ0v) is 10.8. The molecule has 98 valence electrons. The number of hydrogen-bond acceptors (Lipinski definition) is 5. The third-order valence-electron chi connectivity index (χ3n) is 2.86. The maximum absolute atomic E-state index is 10.6. The van der Waals surface area contributed by atoms with Gasteiger partial charge in [0.2, 0.25) is 11.7 Å². The molecule has 1 saturated carbocycles. The Kier molecular flexibility index (Phi) is 3.21. The Labute approximate surface area is 114 Å². The summed E-state index contributed by atoms with van der Waals surface area (Å²) in [6.45, 7) is 0.191. The lowest BCUT2D eigenvalue weighted by atomic mass is 10.2. The number of aromatic nitrogens is 2. The van der Waals surface area contributed by atoms with Crippen LogP contribution in [0.15, 0.2) is 22.7 Å². The van der Waals surface area contributed by atoms with E-state index >= 15 is 0 Å². The third-order valence-corrected chi connectivity index (χ3v) is 3.15. The topological polar surface area (TPSA) is 65.2 Å². The number of aldehydes is 1. The van der Waals surface area contributed by atoms with Gasteiger partial charge in [0, 0.05) is 11.5 Å². The largest absolute Gasteiger partial charge is 0.484 e. The van der Waals surface area contributed by atoms with Crippen molar-refractivity contribution < 1.29 is 14.1 Å². The minimum atomic E-state index is 0.191. The molecular weight excluding hydrogens is 268 g/mol. The number of nitrogens with zero attached hydrogens (tertiary/aromatic N) is 2. The zero-order chi connectivity index (χ0) is 13.2. The third kappa shape index (κ3) is 2.76. The molecule has 1 aliphatic carbocycles. The molecule has 6 heteroatoms. The molecule has 3 rings (SSSR count). The van der Waals surface area contributed by atoms with Crippen LogP contribution < -0.4 is 4.74 Å². The van der Waals surface area contributed by atoms with Crippen molar-refractivity contribution in [1.29, 1.82) is 0 Å². The molecule has 0 saturated heterocycles. The van der Waals surface area contributed by atoms with Crippen LogP contribution in [0.4, 0.5) is 0 Å². The number of carbonyl (C=O) groups is 1. The molecule has 0 bridgehead atoms. The highest BCUT2D eigenvalue weighted by Gasteiger charge is 2.29. The summed E-state index contributed by atoms with van der Waals surface area (Å²) in [4.78, 5) is 14.8. The molecule has 1 fully saturated rings. The van der Waals surface area contributed by atoms with Gasteiger partial charge in [0.1, 0.15) is 12.0 Å². The molecule has 0 atom stereocenters. The van der Waals surface area contributed by atoms with Crippen LogP contribution in [0.5, 0.6) is 5.75 Å². The maximum Gasteiger partial charge on any atom is 0.229 e. The molecule has 2 aromatic rings. The van der Waals surface area contributed by atoms with E-state index in [4.69, 9.17) is 20.9 Å². The first-order valence-electron chi connectivity index (χ1n) is 5.96. The van der Waals surface area contributed by atoms with E-state index < -0.39 is 0 Å². The molecule has 1 aromatic heterocycles. The number of rotatable bonds is 5. The first kappa shape index (κ1) is 12.2. The van der Waals surface area contributed by atoms with E-state index in [1.165, 1.54) is 0 Å².